The molecule has 4 nitrogen and oxygen atoms in total. The zero-order chi connectivity index (χ0) is 8.97. The van der Waals surface area contributed by atoms with E-state index >= 15 is 0 Å². The molecule has 0 aliphatic heterocycles. The van der Waals surface area contributed by atoms with Gasteiger partial charge in [0.1, 0.15) is 5.78 Å². The lowest BCUT2D eigenvalue weighted by Gasteiger charge is -1.92. The van der Waals surface area contributed by atoms with E-state index in [1.54, 1.807) is 17.9 Å². The van der Waals surface area contributed by atoms with Crippen molar-refractivity contribution in [3.63, 3.8) is 0 Å². The van der Waals surface area contributed by atoms with Crippen LogP contribution in [0.5, 0.6) is 0 Å². The van der Waals surface area contributed by atoms with Gasteiger partial charge >= 0.3 is 0 Å². The van der Waals surface area contributed by atoms with Crippen molar-refractivity contribution < 1.29 is 4.79 Å². The second-order valence-corrected chi connectivity index (χ2v) is 3.40. The number of carbonyl (C=O) groups is 1. The summed E-state index contributed by atoms with van der Waals surface area (Å²) in [5, 5.41) is 7.56. The molecular weight excluding hydrogens is 174 g/mol. The molecule has 0 aliphatic rings. The number of thioether (sulfide) groups is 1. The Hall–Kier alpha value is -0.840. The fourth-order valence-electron chi connectivity index (χ4n) is 0.890. The van der Waals surface area contributed by atoms with Gasteiger partial charge in [-0.2, -0.15) is 11.8 Å². The predicted molar refractivity (Wildman–Crippen MR) is 48.1 cm³/mol. The first-order valence-electron chi connectivity index (χ1n) is 3.58. The van der Waals surface area contributed by atoms with Crippen LogP contribution in [0.2, 0.25) is 0 Å². The molecule has 5 heteroatoms. The normalized spacial score (nSPS) is 10.2. The van der Waals surface area contributed by atoms with Gasteiger partial charge in [-0.1, -0.05) is 5.21 Å². The summed E-state index contributed by atoms with van der Waals surface area (Å²) in [4.78, 5) is 11.1. The van der Waals surface area contributed by atoms with Crippen molar-refractivity contribution in [2.24, 2.45) is 7.05 Å². The van der Waals surface area contributed by atoms with E-state index in [1.807, 2.05) is 6.26 Å². The van der Waals surface area contributed by atoms with E-state index in [9.17, 15) is 4.79 Å². The lowest BCUT2D eigenvalue weighted by atomic mass is 10.2. The largest absolute Gasteiger partial charge is 0.298 e. The average molecular weight is 185 g/mol. The van der Waals surface area contributed by atoms with Crippen LogP contribution in [0.4, 0.5) is 0 Å². The van der Waals surface area contributed by atoms with Crippen LogP contribution in [0.15, 0.2) is 6.20 Å². The summed E-state index contributed by atoms with van der Waals surface area (Å²) >= 11 is 1.53. The van der Waals surface area contributed by atoms with Gasteiger partial charge in [0.15, 0.2) is 0 Å². The van der Waals surface area contributed by atoms with E-state index in [0.717, 1.165) is 5.69 Å². The highest BCUT2D eigenvalue weighted by molar-refractivity contribution is 7.99. The van der Waals surface area contributed by atoms with Crippen LogP contribution in [0.1, 0.15) is 5.69 Å². The summed E-state index contributed by atoms with van der Waals surface area (Å²) in [7, 11) is 1.79. The molecule has 0 saturated heterocycles. The van der Waals surface area contributed by atoms with Crippen molar-refractivity contribution in [1.82, 2.24) is 15.0 Å². The van der Waals surface area contributed by atoms with Crippen LogP contribution in [0.3, 0.4) is 0 Å². The Morgan fingerprint density at radius 2 is 2.50 bits per heavy atom. The van der Waals surface area contributed by atoms with Gasteiger partial charge < -0.3 is 0 Å². The Bertz CT molecular complexity index is 271. The van der Waals surface area contributed by atoms with Crippen LogP contribution in [0, 0.1) is 0 Å². The van der Waals surface area contributed by atoms with Crippen LogP contribution >= 0.6 is 11.8 Å². The van der Waals surface area contributed by atoms with Gasteiger partial charge in [0, 0.05) is 13.2 Å². The maximum atomic E-state index is 11.1. The van der Waals surface area contributed by atoms with E-state index in [4.69, 9.17) is 0 Å². The summed E-state index contributed by atoms with van der Waals surface area (Å²) in [6, 6.07) is 0. The average Bonchev–Trinajstić information content (AvgIpc) is 2.36. The number of hydrogen-bond acceptors (Lipinski definition) is 4. The van der Waals surface area contributed by atoms with Crippen molar-refractivity contribution in [1.29, 1.82) is 0 Å². The van der Waals surface area contributed by atoms with Gasteiger partial charge in [-0.15, -0.1) is 5.10 Å². The monoisotopic (exact) mass is 185 g/mol. The van der Waals surface area contributed by atoms with Crippen LogP contribution in [-0.4, -0.2) is 32.8 Å². The van der Waals surface area contributed by atoms with Crippen LogP contribution in [-0.2, 0) is 18.3 Å². The van der Waals surface area contributed by atoms with Crippen molar-refractivity contribution in [3.05, 3.63) is 11.9 Å². The van der Waals surface area contributed by atoms with E-state index in [-0.39, 0.29) is 5.78 Å². The number of rotatable bonds is 4. The molecule has 12 heavy (non-hydrogen) atoms. The third-order valence-electron chi connectivity index (χ3n) is 1.33. The SMILES string of the molecule is CSCC(=O)Cc1cn(C)nn1. The molecule has 1 rings (SSSR count). The lowest BCUT2D eigenvalue weighted by Crippen LogP contribution is -2.05. The van der Waals surface area contributed by atoms with Crippen molar-refractivity contribution in [2.75, 3.05) is 12.0 Å². The van der Waals surface area contributed by atoms with Crippen molar-refractivity contribution >= 4 is 17.5 Å². The molecule has 1 aromatic heterocycles. The topological polar surface area (TPSA) is 47.8 Å². The molecule has 0 radical (unpaired) electrons. The summed E-state index contributed by atoms with van der Waals surface area (Å²) < 4.78 is 1.60. The second kappa shape index (κ2) is 4.25. The molecule has 0 unspecified atom stereocenters. The molecular formula is C7H11N3OS. The minimum absolute atomic E-state index is 0.197. The molecule has 0 aromatic carbocycles. The van der Waals surface area contributed by atoms with Crippen LogP contribution in [0.25, 0.3) is 0 Å². The first kappa shape index (κ1) is 9.25. The van der Waals surface area contributed by atoms with E-state index < -0.39 is 0 Å². The molecule has 1 aromatic rings. The maximum Gasteiger partial charge on any atom is 0.148 e. The Kier molecular flexibility index (Phi) is 3.28. The van der Waals surface area contributed by atoms with Gasteiger partial charge in [-0.3, -0.25) is 9.48 Å². The molecule has 0 bridgehead atoms. The summed E-state index contributed by atoms with van der Waals surface area (Å²) in [5.41, 5.74) is 0.747. The number of ketones is 1. The second-order valence-electron chi connectivity index (χ2n) is 2.53. The fourth-order valence-corrected chi connectivity index (χ4v) is 1.31. The molecule has 66 valence electrons. The number of nitrogens with zero attached hydrogens (tertiary/aromatic N) is 3. The number of aromatic nitrogens is 3. The van der Waals surface area contributed by atoms with E-state index in [1.165, 1.54) is 11.8 Å². The highest BCUT2D eigenvalue weighted by Crippen LogP contribution is 1.98. The van der Waals surface area contributed by atoms with Gasteiger partial charge in [-0.05, 0) is 6.26 Å². The van der Waals surface area contributed by atoms with Gasteiger partial charge in [0.05, 0.1) is 17.9 Å². The molecule has 0 aliphatic carbocycles. The van der Waals surface area contributed by atoms with Gasteiger partial charge in [0.2, 0.25) is 0 Å². The van der Waals surface area contributed by atoms with Gasteiger partial charge in [-0.25, -0.2) is 0 Å². The molecule has 1 heterocycles. The predicted octanol–water partition coefficient (Wildman–Crippen LogP) is 0.290. The third-order valence-corrected chi connectivity index (χ3v) is 1.94. The Morgan fingerprint density at radius 1 is 1.75 bits per heavy atom. The zero-order valence-corrected chi connectivity index (χ0v) is 7.97. The van der Waals surface area contributed by atoms with E-state index in [2.05, 4.69) is 10.3 Å². The molecule has 0 atom stereocenters. The number of carbonyl (C=O) groups excluding carboxylic acids is 1. The van der Waals surface area contributed by atoms with Gasteiger partial charge in [0.25, 0.3) is 0 Å². The van der Waals surface area contributed by atoms with E-state index in [0.29, 0.717) is 12.2 Å². The molecule has 0 saturated carbocycles. The van der Waals surface area contributed by atoms with Crippen molar-refractivity contribution in [2.45, 2.75) is 6.42 Å². The molecule has 0 fully saturated rings. The lowest BCUT2D eigenvalue weighted by molar-refractivity contribution is -0.116. The Morgan fingerprint density at radius 3 is 3.00 bits per heavy atom. The maximum absolute atomic E-state index is 11.1. The number of Topliss-reactive ketones (excluding diaryl/α,β-unsaturated/α-hetero) is 1. The molecule has 0 N–H and O–H groups in total. The summed E-state index contributed by atoms with van der Waals surface area (Å²) in [5.74, 6) is 0.749. The summed E-state index contributed by atoms with van der Waals surface area (Å²) in [6.45, 7) is 0. The first-order valence-corrected chi connectivity index (χ1v) is 4.97. The highest BCUT2D eigenvalue weighted by Gasteiger charge is 2.05. The Labute approximate surface area is 75.3 Å². The quantitative estimate of drug-likeness (QED) is 0.676. The standard InChI is InChI=1S/C7H11N3OS/c1-10-4-6(8-9-10)3-7(11)5-12-2/h4H,3,5H2,1-2H3. The van der Waals surface area contributed by atoms with Crippen molar-refractivity contribution in [3.8, 4) is 0 Å². The molecule has 0 amide bonds. The minimum Gasteiger partial charge on any atom is -0.298 e. The highest BCUT2D eigenvalue weighted by atomic mass is 32.2. The third kappa shape index (κ3) is 2.65. The first-order chi connectivity index (χ1) is 5.72. The smallest absolute Gasteiger partial charge is 0.148 e. The minimum atomic E-state index is 0.197. The number of aryl methyl sites for hydroxylation is 1. The Balaban J connectivity index is 2.46. The summed E-state index contributed by atoms with van der Waals surface area (Å²) in [6.07, 6.45) is 4.07. The van der Waals surface area contributed by atoms with Crippen LogP contribution < -0.4 is 0 Å². The zero-order valence-electron chi connectivity index (χ0n) is 7.15. The fraction of sp³-hybridized carbons (Fsp3) is 0.571. The number of hydrogen-bond donors (Lipinski definition) is 0. The molecule has 0 spiro atoms.